The van der Waals surface area contributed by atoms with Gasteiger partial charge in [0.1, 0.15) is 5.75 Å². The van der Waals surface area contributed by atoms with Crippen LogP contribution in [0.1, 0.15) is 34.3 Å². The Balaban J connectivity index is 1.75. The van der Waals surface area contributed by atoms with Crippen LogP contribution in [0.3, 0.4) is 0 Å². The lowest BCUT2D eigenvalue weighted by atomic mass is 10.1. The second-order valence-electron chi connectivity index (χ2n) is 5.50. The number of nitrogens with one attached hydrogen (secondary N) is 2. The number of phenols is 1. The van der Waals surface area contributed by atoms with E-state index in [0.29, 0.717) is 11.4 Å². The number of amides is 2. The van der Waals surface area contributed by atoms with Gasteiger partial charge in [-0.3, -0.25) is 20.4 Å². The molecule has 6 heteroatoms. The molecule has 2 aromatic rings. The van der Waals surface area contributed by atoms with Crippen molar-refractivity contribution >= 4 is 23.4 Å². The van der Waals surface area contributed by atoms with Crippen molar-refractivity contribution < 1.29 is 14.7 Å². The average Bonchev–Trinajstić information content (AvgIpc) is 2.56. The van der Waals surface area contributed by atoms with Crippen molar-refractivity contribution in [2.75, 3.05) is 0 Å². The number of aryl methyl sites for hydroxylation is 2. The molecule has 2 aromatic carbocycles. The maximum Gasteiger partial charge on any atom is 0.273 e. The van der Waals surface area contributed by atoms with E-state index in [0.717, 1.165) is 6.42 Å². The Hall–Kier alpha value is -2.53. The summed E-state index contributed by atoms with van der Waals surface area (Å²) in [7, 11) is 0. The Labute approximate surface area is 145 Å². The Morgan fingerprint density at radius 3 is 2.50 bits per heavy atom. The summed E-state index contributed by atoms with van der Waals surface area (Å²) in [6, 6.07) is 12.3. The highest BCUT2D eigenvalue weighted by Gasteiger charge is 2.12. The van der Waals surface area contributed by atoms with Crippen LogP contribution in [0.25, 0.3) is 0 Å². The Kier molecular flexibility index (Phi) is 6.21. The number of hydrogen-bond acceptors (Lipinski definition) is 3. The molecule has 0 aliphatic rings. The van der Waals surface area contributed by atoms with Crippen LogP contribution >= 0.6 is 11.6 Å². The third-order valence-corrected chi connectivity index (χ3v) is 3.74. The predicted molar refractivity (Wildman–Crippen MR) is 92.8 cm³/mol. The Bertz CT molecular complexity index is 730. The molecule has 24 heavy (non-hydrogen) atoms. The maximum absolute atomic E-state index is 11.9. The summed E-state index contributed by atoms with van der Waals surface area (Å²) < 4.78 is 0. The first kappa shape index (κ1) is 17.8. The summed E-state index contributed by atoms with van der Waals surface area (Å²) >= 11 is 5.78. The van der Waals surface area contributed by atoms with E-state index in [4.69, 9.17) is 11.6 Å². The topological polar surface area (TPSA) is 78.4 Å². The molecule has 0 heterocycles. The molecule has 0 aliphatic carbocycles. The van der Waals surface area contributed by atoms with E-state index in [2.05, 4.69) is 10.9 Å². The third-order valence-electron chi connectivity index (χ3n) is 3.51. The van der Waals surface area contributed by atoms with Crippen LogP contribution in [0.15, 0.2) is 42.5 Å². The fourth-order valence-corrected chi connectivity index (χ4v) is 2.33. The van der Waals surface area contributed by atoms with Gasteiger partial charge in [0.25, 0.3) is 5.91 Å². The summed E-state index contributed by atoms with van der Waals surface area (Å²) in [5, 5.41) is 9.95. The molecule has 0 bridgehead atoms. The molecule has 0 atom stereocenters. The Morgan fingerprint density at radius 2 is 1.79 bits per heavy atom. The summed E-state index contributed by atoms with van der Waals surface area (Å²) in [5.74, 6) is -1.12. The molecular weight excluding hydrogens is 328 g/mol. The molecule has 2 rings (SSSR count). The fourth-order valence-electron chi connectivity index (χ4n) is 2.15. The van der Waals surface area contributed by atoms with E-state index in [-0.39, 0.29) is 23.6 Å². The second kappa shape index (κ2) is 8.36. The molecule has 0 fully saturated rings. The van der Waals surface area contributed by atoms with Gasteiger partial charge in [-0.15, -0.1) is 0 Å². The van der Waals surface area contributed by atoms with E-state index in [9.17, 15) is 14.7 Å². The second-order valence-corrected chi connectivity index (χ2v) is 5.94. The van der Waals surface area contributed by atoms with Crippen molar-refractivity contribution in [1.82, 2.24) is 10.9 Å². The van der Waals surface area contributed by atoms with Crippen LogP contribution in [0, 0.1) is 6.92 Å². The quantitative estimate of drug-likeness (QED) is 0.728. The van der Waals surface area contributed by atoms with Crippen LogP contribution in [0.4, 0.5) is 0 Å². The minimum absolute atomic E-state index is 0.00227. The SMILES string of the molecule is Cc1ccc(CCCC(=O)NNC(=O)c2cc(Cl)ccc2O)cc1. The molecule has 0 aromatic heterocycles. The molecule has 0 saturated heterocycles. The lowest BCUT2D eigenvalue weighted by Gasteiger charge is -2.09. The summed E-state index contributed by atoms with van der Waals surface area (Å²) in [6.45, 7) is 2.03. The molecule has 3 N–H and O–H groups in total. The maximum atomic E-state index is 11.9. The van der Waals surface area contributed by atoms with Gasteiger partial charge in [0.05, 0.1) is 5.56 Å². The van der Waals surface area contributed by atoms with Gasteiger partial charge in [-0.1, -0.05) is 41.4 Å². The predicted octanol–water partition coefficient (Wildman–Crippen LogP) is 3.14. The number of phenolic OH excluding ortho intramolecular Hbond substituents is 1. The molecule has 0 saturated carbocycles. The van der Waals surface area contributed by atoms with E-state index in [1.165, 1.54) is 29.3 Å². The zero-order valence-corrected chi connectivity index (χ0v) is 14.1. The van der Waals surface area contributed by atoms with Crippen molar-refractivity contribution in [3.05, 3.63) is 64.2 Å². The molecule has 5 nitrogen and oxygen atoms in total. The molecule has 2 amide bonds. The van der Waals surface area contributed by atoms with Gasteiger partial charge in [0.2, 0.25) is 5.91 Å². The summed E-state index contributed by atoms with van der Waals surface area (Å²) in [4.78, 5) is 23.7. The first-order chi connectivity index (χ1) is 11.5. The number of aromatic hydroxyl groups is 1. The van der Waals surface area contributed by atoms with Crippen LogP contribution in [0.5, 0.6) is 5.75 Å². The number of carbonyl (C=O) groups is 2. The fraction of sp³-hybridized carbons (Fsp3) is 0.222. The van der Waals surface area contributed by atoms with E-state index in [1.807, 2.05) is 31.2 Å². The van der Waals surface area contributed by atoms with Crippen LogP contribution < -0.4 is 10.9 Å². The highest BCUT2D eigenvalue weighted by molar-refractivity contribution is 6.31. The van der Waals surface area contributed by atoms with Gasteiger partial charge in [-0.05, 0) is 43.5 Å². The zero-order valence-electron chi connectivity index (χ0n) is 13.3. The van der Waals surface area contributed by atoms with Gasteiger partial charge in [0.15, 0.2) is 0 Å². The van der Waals surface area contributed by atoms with E-state index < -0.39 is 5.91 Å². The molecule has 0 unspecified atom stereocenters. The molecule has 0 spiro atoms. The number of hydrazine groups is 1. The lowest BCUT2D eigenvalue weighted by molar-refractivity contribution is -0.121. The van der Waals surface area contributed by atoms with Gasteiger partial charge in [-0.25, -0.2) is 0 Å². The minimum atomic E-state index is -0.623. The third kappa shape index (κ3) is 5.28. The standard InChI is InChI=1S/C18H19ClN2O3/c1-12-5-7-13(8-6-12)3-2-4-17(23)20-21-18(24)15-11-14(19)9-10-16(15)22/h5-11,22H,2-4H2,1H3,(H,20,23)(H,21,24). The number of benzene rings is 2. The van der Waals surface area contributed by atoms with Crippen molar-refractivity contribution in [3.63, 3.8) is 0 Å². The normalized spacial score (nSPS) is 10.2. The zero-order chi connectivity index (χ0) is 17.5. The first-order valence-electron chi connectivity index (χ1n) is 7.59. The summed E-state index contributed by atoms with van der Waals surface area (Å²) in [5.41, 5.74) is 6.96. The van der Waals surface area contributed by atoms with Gasteiger partial charge < -0.3 is 5.11 Å². The van der Waals surface area contributed by atoms with Gasteiger partial charge in [-0.2, -0.15) is 0 Å². The van der Waals surface area contributed by atoms with Crippen LogP contribution in [-0.4, -0.2) is 16.9 Å². The largest absolute Gasteiger partial charge is 0.507 e. The van der Waals surface area contributed by atoms with Crippen molar-refractivity contribution in [2.45, 2.75) is 26.2 Å². The number of carbonyl (C=O) groups excluding carboxylic acids is 2. The average molecular weight is 347 g/mol. The highest BCUT2D eigenvalue weighted by atomic mass is 35.5. The lowest BCUT2D eigenvalue weighted by Crippen LogP contribution is -2.41. The van der Waals surface area contributed by atoms with Crippen LogP contribution in [-0.2, 0) is 11.2 Å². The number of hydrogen-bond donors (Lipinski definition) is 3. The van der Waals surface area contributed by atoms with Crippen molar-refractivity contribution in [3.8, 4) is 5.75 Å². The van der Waals surface area contributed by atoms with E-state index in [1.54, 1.807) is 0 Å². The van der Waals surface area contributed by atoms with E-state index >= 15 is 0 Å². The van der Waals surface area contributed by atoms with Crippen molar-refractivity contribution in [1.29, 1.82) is 0 Å². The molecule has 0 aliphatic heterocycles. The van der Waals surface area contributed by atoms with Gasteiger partial charge >= 0.3 is 0 Å². The van der Waals surface area contributed by atoms with Crippen molar-refractivity contribution in [2.24, 2.45) is 0 Å². The van der Waals surface area contributed by atoms with Gasteiger partial charge in [0, 0.05) is 11.4 Å². The first-order valence-corrected chi connectivity index (χ1v) is 7.97. The number of halogens is 1. The monoisotopic (exact) mass is 346 g/mol. The van der Waals surface area contributed by atoms with Crippen LogP contribution in [0.2, 0.25) is 5.02 Å². The molecular formula is C18H19ClN2O3. The smallest absolute Gasteiger partial charge is 0.273 e. The molecule has 126 valence electrons. The highest BCUT2D eigenvalue weighted by Crippen LogP contribution is 2.20. The minimum Gasteiger partial charge on any atom is -0.507 e. The summed E-state index contributed by atoms with van der Waals surface area (Å²) in [6.07, 6.45) is 1.75. The Morgan fingerprint density at radius 1 is 1.08 bits per heavy atom. The number of rotatable bonds is 5. The molecule has 0 radical (unpaired) electrons.